The van der Waals surface area contributed by atoms with Crippen molar-refractivity contribution in [3.8, 4) is 0 Å². The van der Waals surface area contributed by atoms with E-state index in [1.165, 1.54) is 31.3 Å². The van der Waals surface area contributed by atoms with Crippen LogP contribution in [-0.2, 0) is 12.3 Å². The number of allylic oxidation sites excluding steroid dienone is 1. The average Bonchev–Trinajstić information content (AvgIpc) is 3.25. The minimum absolute atomic E-state index is 0.0204. The second-order valence-electron chi connectivity index (χ2n) is 9.07. The molecule has 0 saturated carbocycles. The van der Waals surface area contributed by atoms with E-state index in [4.69, 9.17) is 16.6 Å². The lowest BCUT2D eigenvalue weighted by atomic mass is 9.97. The van der Waals surface area contributed by atoms with Crippen molar-refractivity contribution in [2.75, 3.05) is 6.54 Å². The fourth-order valence-corrected chi connectivity index (χ4v) is 5.67. The van der Waals surface area contributed by atoms with Crippen LogP contribution in [0.1, 0.15) is 53.6 Å². The lowest BCUT2D eigenvalue weighted by molar-refractivity contribution is 0.0954. The van der Waals surface area contributed by atoms with Crippen molar-refractivity contribution in [1.82, 2.24) is 19.9 Å². The van der Waals surface area contributed by atoms with Gasteiger partial charge in [-0.15, -0.1) is 0 Å². The van der Waals surface area contributed by atoms with Crippen LogP contribution in [0.4, 0.5) is 0 Å². The fourth-order valence-electron chi connectivity index (χ4n) is 4.50. The van der Waals surface area contributed by atoms with Crippen LogP contribution in [0.3, 0.4) is 0 Å². The number of nitrogens with zero attached hydrogens (tertiary/aromatic N) is 3. The zero-order chi connectivity index (χ0) is 24.7. The third-order valence-electron chi connectivity index (χ3n) is 6.45. The smallest absolute Gasteiger partial charge is 0.251 e. The summed E-state index contributed by atoms with van der Waals surface area (Å²) >= 11 is 7.84. The van der Waals surface area contributed by atoms with E-state index >= 15 is 0 Å². The van der Waals surface area contributed by atoms with Gasteiger partial charge >= 0.3 is 0 Å². The van der Waals surface area contributed by atoms with Gasteiger partial charge in [0.05, 0.1) is 23.8 Å². The summed E-state index contributed by atoms with van der Waals surface area (Å²) in [4.78, 5) is 21.8. The molecule has 0 atom stereocenters. The van der Waals surface area contributed by atoms with Crippen LogP contribution in [0, 0.1) is 0 Å². The van der Waals surface area contributed by atoms with Gasteiger partial charge in [0.25, 0.3) is 5.91 Å². The average molecular weight is 517 g/mol. The molecule has 2 aromatic carbocycles. The van der Waals surface area contributed by atoms with Crippen molar-refractivity contribution in [2.24, 2.45) is 0 Å². The molecule has 0 fully saturated rings. The molecule has 5 nitrogen and oxygen atoms in total. The Kier molecular flexibility index (Phi) is 8.04. The van der Waals surface area contributed by atoms with Crippen LogP contribution >= 0.6 is 23.4 Å². The van der Waals surface area contributed by atoms with E-state index in [0.29, 0.717) is 18.7 Å². The first-order chi connectivity index (χ1) is 17.7. The molecule has 0 bridgehead atoms. The number of thioether (sulfide) groups is 1. The zero-order valence-corrected chi connectivity index (χ0v) is 21.7. The standard InChI is InChI=1S/C29H29ClN4OS/c30-25-8-4-7-23(17-25)20-36-29-33-26-14-15-31-18-27(26)34(29)19-22-9-11-24(12-10-22)28(35)32-16-13-21-5-2-1-3-6-21/h4-5,7-12,14-15,17-18H,1-3,6,13,16,19-20H2,(H,32,35). The molecule has 4 aromatic rings. The molecule has 184 valence electrons. The molecule has 0 spiro atoms. The van der Waals surface area contributed by atoms with Crippen molar-refractivity contribution in [2.45, 2.75) is 49.6 Å². The lowest BCUT2D eigenvalue weighted by Crippen LogP contribution is -2.24. The maximum Gasteiger partial charge on any atom is 0.251 e. The van der Waals surface area contributed by atoms with E-state index in [1.807, 2.05) is 54.7 Å². The summed E-state index contributed by atoms with van der Waals surface area (Å²) in [5, 5.41) is 4.73. The van der Waals surface area contributed by atoms with Gasteiger partial charge in [0.1, 0.15) is 0 Å². The van der Waals surface area contributed by atoms with Gasteiger partial charge in [0.2, 0.25) is 0 Å². The Labute approximate surface area is 221 Å². The minimum atomic E-state index is -0.0204. The van der Waals surface area contributed by atoms with Crippen molar-refractivity contribution in [3.63, 3.8) is 0 Å². The van der Waals surface area contributed by atoms with Crippen molar-refractivity contribution >= 4 is 40.3 Å². The number of halogens is 1. The second-order valence-corrected chi connectivity index (χ2v) is 10.5. The predicted molar refractivity (Wildman–Crippen MR) is 148 cm³/mol. The van der Waals surface area contributed by atoms with Crippen LogP contribution in [0.2, 0.25) is 5.02 Å². The van der Waals surface area contributed by atoms with Crippen LogP contribution < -0.4 is 5.32 Å². The topological polar surface area (TPSA) is 59.8 Å². The predicted octanol–water partition coefficient (Wildman–Crippen LogP) is 7.05. The van der Waals surface area contributed by atoms with E-state index in [1.54, 1.807) is 18.0 Å². The van der Waals surface area contributed by atoms with Crippen LogP contribution in [0.15, 0.2) is 83.8 Å². The molecule has 2 aromatic heterocycles. The number of carbonyl (C=O) groups is 1. The summed E-state index contributed by atoms with van der Waals surface area (Å²) < 4.78 is 2.19. The Morgan fingerprint density at radius 2 is 1.97 bits per heavy atom. The number of hydrogen-bond acceptors (Lipinski definition) is 4. The van der Waals surface area contributed by atoms with Gasteiger partial charge < -0.3 is 9.88 Å². The SMILES string of the molecule is O=C(NCCC1=CCCCC1)c1ccc(Cn2c(SCc3cccc(Cl)c3)nc3ccncc32)cc1. The highest BCUT2D eigenvalue weighted by molar-refractivity contribution is 7.98. The van der Waals surface area contributed by atoms with E-state index in [-0.39, 0.29) is 5.91 Å². The van der Waals surface area contributed by atoms with E-state index in [0.717, 1.165) is 44.5 Å². The highest BCUT2D eigenvalue weighted by atomic mass is 35.5. The number of carbonyl (C=O) groups excluding carboxylic acids is 1. The maximum atomic E-state index is 12.6. The second kappa shape index (κ2) is 11.8. The first kappa shape index (κ1) is 24.6. The summed E-state index contributed by atoms with van der Waals surface area (Å²) in [7, 11) is 0. The van der Waals surface area contributed by atoms with Gasteiger partial charge in [-0.1, -0.05) is 59.3 Å². The van der Waals surface area contributed by atoms with Gasteiger partial charge in [0.15, 0.2) is 5.16 Å². The van der Waals surface area contributed by atoms with Crippen LogP contribution in [0.25, 0.3) is 11.0 Å². The number of benzene rings is 2. The zero-order valence-electron chi connectivity index (χ0n) is 20.1. The summed E-state index contributed by atoms with van der Waals surface area (Å²) in [6.07, 6.45) is 11.8. The van der Waals surface area contributed by atoms with Crippen molar-refractivity contribution in [1.29, 1.82) is 0 Å². The molecule has 0 aliphatic heterocycles. The molecule has 0 radical (unpaired) electrons. The number of nitrogens with one attached hydrogen (secondary N) is 1. The normalized spacial score (nSPS) is 13.5. The number of aromatic nitrogens is 3. The first-order valence-electron chi connectivity index (χ1n) is 12.4. The molecule has 2 heterocycles. The van der Waals surface area contributed by atoms with Crippen molar-refractivity contribution < 1.29 is 4.79 Å². The summed E-state index contributed by atoms with van der Waals surface area (Å²) in [5.74, 6) is 0.751. The van der Waals surface area contributed by atoms with Crippen LogP contribution in [-0.4, -0.2) is 27.0 Å². The lowest BCUT2D eigenvalue weighted by Gasteiger charge is -2.13. The molecule has 1 N–H and O–H groups in total. The van der Waals surface area contributed by atoms with Gasteiger partial charge in [-0.2, -0.15) is 0 Å². The molecule has 1 aliphatic rings. The highest BCUT2D eigenvalue weighted by Gasteiger charge is 2.13. The quantitative estimate of drug-likeness (QED) is 0.191. The number of rotatable bonds is 9. The van der Waals surface area contributed by atoms with Crippen LogP contribution in [0.5, 0.6) is 0 Å². The molecule has 5 rings (SSSR count). The van der Waals surface area contributed by atoms with Gasteiger partial charge in [-0.3, -0.25) is 9.78 Å². The number of amides is 1. The molecule has 0 saturated heterocycles. The summed E-state index contributed by atoms with van der Waals surface area (Å²) in [6, 6.07) is 17.7. The Bertz CT molecular complexity index is 1380. The highest BCUT2D eigenvalue weighted by Crippen LogP contribution is 2.28. The van der Waals surface area contributed by atoms with E-state index < -0.39 is 0 Å². The largest absolute Gasteiger partial charge is 0.352 e. The third kappa shape index (κ3) is 6.18. The molecular formula is C29H29ClN4OS. The Hall–Kier alpha value is -3.09. The molecule has 0 unspecified atom stereocenters. The minimum Gasteiger partial charge on any atom is -0.352 e. The summed E-state index contributed by atoms with van der Waals surface area (Å²) in [6.45, 7) is 1.34. The number of fused-ring (bicyclic) bond motifs is 1. The Morgan fingerprint density at radius 3 is 2.78 bits per heavy atom. The maximum absolute atomic E-state index is 12.6. The Morgan fingerprint density at radius 1 is 1.08 bits per heavy atom. The molecular weight excluding hydrogens is 488 g/mol. The third-order valence-corrected chi connectivity index (χ3v) is 7.73. The molecule has 1 aliphatic carbocycles. The molecule has 7 heteroatoms. The fraction of sp³-hybridized carbons (Fsp3) is 0.276. The van der Waals surface area contributed by atoms with Gasteiger partial charge in [-0.05, 0) is 73.6 Å². The molecule has 1 amide bonds. The van der Waals surface area contributed by atoms with E-state index in [9.17, 15) is 4.79 Å². The first-order valence-corrected chi connectivity index (χ1v) is 13.7. The number of pyridine rings is 1. The summed E-state index contributed by atoms with van der Waals surface area (Å²) in [5.41, 5.74) is 6.32. The molecule has 36 heavy (non-hydrogen) atoms. The van der Waals surface area contributed by atoms with Gasteiger partial charge in [0, 0.05) is 29.1 Å². The monoisotopic (exact) mass is 516 g/mol. The number of hydrogen-bond donors (Lipinski definition) is 1. The van der Waals surface area contributed by atoms with Gasteiger partial charge in [-0.25, -0.2) is 4.98 Å². The van der Waals surface area contributed by atoms with Crippen molar-refractivity contribution in [3.05, 3.63) is 100 Å². The number of imidazole rings is 1. The van der Waals surface area contributed by atoms with E-state index in [2.05, 4.69) is 27.0 Å². The Balaban J connectivity index is 1.26.